The van der Waals surface area contributed by atoms with Gasteiger partial charge >= 0.3 is 5.97 Å². The molecular formula is C11H19N3O5S. The average molecular weight is 305 g/mol. The Morgan fingerprint density at radius 1 is 1.35 bits per heavy atom. The van der Waals surface area contributed by atoms with Crippen LogP contribution in [0, 0.1) is 13.8 Å². The van der Waals surface area contributed by atoms with Crippen LogP contribution >= 0.6 is 0 Å². The number of aliphatic carboxylic acids is 1. The van der Waals surface area contributed by atoms with Crippen LogP contribution in [-0.2, 0) is 21.4 Å². The number of carbonyl (C=O) groups is 1. The van der Waals surface area contributed by atoms with Crippen LogP contribution in [0.3, 0.4) is 0 Å². The van der Waals surface area contributed by atoms with Crippen LogP contribution in [0.4, 0.5) is 0 Å². The molecule has 1 heterocycles. The van der Waals surface area contributed by atoms with Crippen LogP contribution in [0.2, 0.25) is 0 Å². The SMILES string of the molecule is Cc1nn(CC(=O)O)c(C)c1S(=O)(=O)NCCCCO. The van der Waals surface area contributed by atoms with Gasteiger partial charge in [-0.3, -0.25) is 9.48 Å². The Morgan fingerprint density at radius 2 is 2.00 bits per heavy atom. The van der Waals surface area contributed by atoms with Gasteiger partial charge in [0.15, 0.2) is 0 Å². The molecule has 1 aromatic heterocycles. The number of nitrogens with zero attached hydrogens (tertiary/aromatic N) is 2. The third kappa shape index (κ3) is 4.02. The summed E-state index contributed by atoms with van der Waals surface area (Å²) in [6, 6.07) is 0. The van der Waals surface area contributed by atoms with Crippen molar-refractivity contribution in [2.45, 2.75) is 38.1 Å². The van der Waals surface area contributed by atoms with E-state index in [-0.39, 0.29) is 30.3 Å². The summed E-state index contributed by atoms with van der Waals surface area (Å²) >= 11 is 0. The number of aliphatic hydroxyl groups excluding tert-OH is 1. The highest BCUT2D eigenvalue weighted by Crippen LogP contribution is 2.19. The zero-order valence-electron chi connectivity index (χ0n) is 11.5. The Kier molecular flexibility index (Phi) is 5.66. The van der Waals surface area contributed by atoms with E-state index in [1.807, 2.05) is 0 Å². The van der Waals surface area contributed by atoms with E-state index in [9.17, 15) is 13.2 Å². The molecule has 114 valence electrons. The van der Waals surface area contributed by atoms with E-state index in [2.05, 4.69) is 9.82 Å². The number of rotatable bonds is 8. The summed E-state index contributed by atoms with van der Waals surface area (Å²) in [6.07, 6.45) is 1.04. The average Bonchev–Trinajstić information content (AvgIpc) is 2.60. The molecule has 0 fully saturated rings. The molecule has 0 aliphatic rings. The van der Waals surface area contributed by atoms with E-state index in [1.165, 1.54) is 13.8 Å². The lowest BCUT2D eigenvalue weighted by Crippen LogP contribution is -2.26. The maximum atomic E-state index is 12.2. The number of aromatic nitrogens is 2. The van der Waals surface area contributed by atoms with Gasteiger partial charge < -0.3 is 10.2 Å². The highest BCUT2D eigenvalue weighted by atomic mass is 32.2. The number of hydrogen-bond donors (Lipinski definition) is 3. The van der Waals surface area contributed by atoms with Gasteiger partial charge in [-0.15, -0.1) is 0 Å². The Bertz CT molecular complexity index is 579. The number of unbranched alkanes of at least 4 members (excludes halogenated alkanes) is 1. The fraction of sp³-hybridized carbons (Fsp3) is 0.636. The zero-order chi connectivity index (χ0) is 15.3. The summed E-state index contributed by atoms with van der Waals surface area (Å²) in [4.78, 5) is 10.7. The standard InChI is InChI=1S/C11H19N3O5S/c1-8-11(9(2)14(13-8)7-10(16)17)20(18,19)12-5-3-4-6-15/h12,15H,3-7H2,1-2H3,(H,16,17). The third-order valence-electron chi connectivity index (χ3n) is 2.75. The molecule has 0 saturated heterocycles. The molecule has 0 atom stereocenters. The van der Waals surface area contributed by atoms with Gasteiger partial charge in [0.1, 0.15) is 11.4 Å². The van der Waals surface area contributed by atoms with Crippen molar-refractivity contribution in [3.8, 4) is 0 Å². The normalized spacial score (nSPS) is 11.8. The molecule has 1 aromatic rings. The van der Waals surface area contributed by atoms with Crippen molar-refractivity contribution >= 4 is 16.0 Å². The fourth-order valence-electron chi connectivity index (χ4n) is 1.87. The van der Waals surface area contributed by atoms with Gasteiger partial charge in [0.05, 0.1) is 11.4 Å². The van der Waals surface area contributed by atoms with Crippen molar-refractivity contribution in [1.82, 2.24) is 14.5 Å². The molecule has 0 radical (unpaired) electrons. The highest BCUT2D eigenvalue weighted by molar-refractivity contribution is 7.89. The minimum absolute atomic E-state index is 0.0102. The van der Waals surface area contributed by atoms with E-state index in [4.69, 9.17) is 10.2 Å². The predicted molar refractivity (Wildman–Crippen MR) is 70.8 cm³/mol. The monoisotopic (exact) mass is 305 g/mol. The largest absolute Gasteiger partial charge is 0.480 e. The van der Waals surface area contributed by atoms with E-state index >= 15 is 0 Å². The first-order valence-electron chi connectivity index (χ1n) is 6.16. The summed E-state index contributed by atoms with van der Waals surface area (Å²) in [5, 5.41) is 21.3. The Balaban J connectivity index is 2.94. The van der Waals surface area contributed by atoms with Crippen molar-refractivity contribution in [1.29, 1.82) is 0 Å². The van der Waals surface area contributed by atoms with Crippen LogP contribution < -0.4 is 4.72 Å². The third-order valence-corrected chi connectivity index (χ3v) is 4.46. The first-order chi connectivity index (χ1) is 9.29. The van der Waals surface area contributed by atoms with Crippen molar-refractivity contribution in [2.75, 3.05) is 13.2 Å². The van der Waals surface area contributed by atoms with Gasteiger partial charge in [-0.25, -0.2) is 13.1 Å². The second-order valence-corrected chi connectivity index (χ2v) is 6.08. The first kappa shape index (κ1) is 16.6. The molecule has 0 bridgehead atoms. The lowest BCUT2D eigenvalue weighted by atomic mass is 10.3. The summed E-state index contributed by atoms with van der Waals surface area (Å²) in [5.74, 6) is -1.09. The van der Waals surface area contributed by atoms with Crippen LogP contribution in [0.1, 0.15) is 24.2 Å². The highest BCUT2D eigenvalue weighted by Gasteiger charge is 2.24. The summed E-state index contributed by atoms with van der Waals surface area (Å²) in [7, 11) is -3.72. The van der Waals surface area contributed by atoms with E-state index < -0.39 is 16.0 Å². The molecular weight excluding hydrogens is 286 g/mol. The van der Waals surface area contributed by atoms with Gasteiger partial charge in [-0.05, 0) is 26.7 Å². The Labute approximate surface area is 117 Å². The van der Waals surface area contributed by atoms with Crippen LogP contribution in [0.5, 0.6) is 0 Å². The molecule has 1 rings (SSSR count). The van der Waals surface area contributed by atoms with E-state index in [0.717, 1.165) is 4.68 Å². The maximum Gasteiger partial charge on any atom is 0.325 e. The van der Waals surface area contributed by atoms with Crippen molar-refractivity contribution in [3.63, 3.8) is 0 Å². The van der Waals surface area contributed by atoms with Gasteiger partial charge in [0.2, 0.25) is 10.0 Å². The van der Waals surface area contributed by atoms with Crippen LogP contribution in [0.25, 0.3) is 0 Å². The van der Waals surface area contributed by atoms with Gasteiger partial charge in [0, 0.05) is 13.2 Å². The van der Waals surface area contributed by atoms with Crippen LogP contribution in [-0.4, -0.2) is 47.5 Å². The zero-order valence-corrected chi connectivity index (χ0v) is 12.3. The minimum atomic E-state index is -3.72. The molecule has 0 aromatic carbocycles. The first-order valence-corrected chi connectivity index (χ1v) is 7.64. The molecule has 0 amide bonds. The fourth-order valence-corrected chi connectivity index (χ4v) is 3.35. The molecule has 8 nitrogen and oxygen atoms in total. The molecule has 0 spiro atoms. The predicted octanol–water partition coefficient (Wildman–Crippen LogP) is -0.365. The van der Waals surface area contributed by atoms with Crippen molar-refractivity contribution in [3.05, 3.63) is 11.4 Å². The second kappa shape index (κ2) is 6.82. The Morgan fingerprint density at radius 3 is 2.55 bits per heavy atom. The van der Waals surface area contributed by atoms with Gasteiger partial charge in [0.25, 0.3) is 0 Å². The molecule has 0 aliphatic carbocycles. The van der Waals surface area contributed by atoms with Crippen molar-refractivity contribution < 1.29 is 23.4 Å². The molecule has 9 heteroatoms. The molecule has 0 saturated carbocycles. The van der Waals surface area contributed by atoms with Crippen molar-refractivity contribution in [2.24, 2.45) is 0 Å². The maximum absolute atomic E-state index is 12.2. The topological polar surface area (TPSA) is 122 Å². The number of aliphatic hydroxyl groups is 1. The summed E-state index contributed by atoms with van der Waals surface area (Å²) < 4.78 is 27.9. The van der Waals surface area contributed by atoms with Gasteiger partial charge in [-0.2, -0.15) is 5.10 Å². The Hall–Kier alpha value is -1.45. The number of sulfonamides is 1. The quantitative estimate of drug-likeness (QED) is 0.564. The molecule has 3 N–H and O–H groups in total. The second-order valence-electron chi connectivity index (χ2n) is 4.38. The van der Waals surface area contributed by atoms with E-state index in [0.29, 0.717) is 18.5 Å². The lowest BCUT2D eigenvalue weighted by Gasteiger charge is -2.07. The summed E-state index contributed by atoms with van der Waals surface area (Å²) in [5.41, 5.74) is 0.554. The smallest absolute Gasteiger partial charge is 0.325 e. The van der Waals surface area contributed by atoms with Crippen LogP contribution in [0.15, 0.2) is 4.90 Å². The number of aryl methyl sites for hydroxylation is 1. The number of carboxylic acid groups (broad SMARTS) is 1. The summed E-state index contributed by atoms with van der Waals surface area (Å²) in [6.45, 7) is 2.88. The molecule has 20 heavy (non-hydrogen) atoms. The van der Waals surface area contributed by atoms with Gasteiger partial charge in [-0.1, -0.05) is 0 Å². The number of hydrogen-bond acceptors (Lipinski definition) is 5. The number of nitrogens with one attached hydrogen (secondary N) is 1. The van der Waals surface area contributed by atoms with E-state index in [1.54, 1.807) is 0 Å². The molecule has 0 aliphatic heterocycles. The number of carboxylic acids is 1. The molecule has 0 unspecified atom stereocenters. The minimum Gasteiger partial charge on any atom is -0.480 e. The lowest BCUT2D eigenvalue weighted by molar-refractivity contribution is -0.137.